The fourth-order valence-electron chi connectivity index (χ4n) is 1.95. The first-order chi connectivity index (χ1) is 8.41. The molecule has 104 valence electrons. The number of hydrogen-bond donors (Lipinski definition) is 1. The van der Waals surface area contributed by atoms with Crippen molar-refractivity contribution >= 4 is 5.95 Å². The zero-order valence-electron chi connectivity index (χ0n) is 12.4. The Bertz CT molecular complexity index is 343. The lowest BCUT2D eigenvalue weighted by atomic mass is 10.0. The number of nitrogens with two attached hydrogens (primary N) is 1. The van der Waals surface area contributed by atoms with Crippen molar-refractivity contribution in [1.82, 2.24) is 9.55 Å². The van der Waals surface area contributed by atoms with E-state index in [4.69, 9.17) is 5.73 Å². The van der Waals surface area contributed by atoms with Gasteiger partial charge in [-0.2, -0.15) is 0 Å². The Kier molecular flexibility index (Phi) is 5.66. The minimum Gasteiger partial charge on any atom is -0.345 e. The molecule has 1 aromatic rings. The molecule has 0 amide bonds. The molecule has 2 N–H and O–H groups in total. The molecule has 0 spiro atoms. The highest BCUT2D eigenvalue weighted by Crippen LogP contribution is 2.13. The Morgan fingerprint density at radius 3 is 2.56 bits per heavy atom. The van der Waals surface area contributed by atoms with Crippen LogP contribution in [0.4, 0.5) is 5.95 Å². The van der Waals surface area contributed by atoms with E-state index in [0.29, 0.717) is 11.8 Å². The minimum absolute atomic E-state index is 0.265. The highest BCUT2D eigenvalue weighted by atomic mass is 15.3. The predicted octanol–water partition coefficient (Wildman–Crippen LogP) is 2.35. The average Bonchev–Trinajstić information content (AvgIpc) is 2.72. The number of aromatic nitrogens is 2. The molecule has 0 bridgehead atoms. The van der Waals surface area contributed by atoms with Crippen LogP contribution in [0.3, 0.4) is 0 Å². The van der Waals surface area contributed by atoms with Crippen LogP contribution in [0.1, 0.15) is 34.1 Å². The van der Waals surface area contributed by atoms with Crippen molar-refractivity contribution in [2.75, 3.05) is 18.5 Å². The molecular formula is C14H28N4. The van der Waals surface area contributed by atoms with Gasteiger partial charge in [0.15, 0.2) is 0 Å². The van der Waals surface area contributed by atoms with Gasteiger partial charge in [-0.05, 0) is 18.3 Å². The summed E-state index contributed by atoms with van der Waals surface area (Å²) in [4.78, 5) is 6.64. The van der Waals surface area contributed by atoms with Gasteiger partial charge in [-0.3, -0.25) is 0 Å². The maximum Gasteiger partial charge on any atom is 0.205 e. The summed E-state index contributed by atoms with van der Waals surface area (Å²) in [5.41, 5.74) is 6.08. The Labute approximate surface area is 111 Å². The summed E-state index contributed by atoms with van der Waals surface area (Å²) in [5.74, 6) is 2.21. The second kappa shape index (κ2) is 6.78. The predicted molar refractivity (Wildman–Crippen MR) is 77.8 cm³/mol. The molecule has 4 heteroatoms. The highest BCUT2D eigenvalue weighted by Gasteiger charge is 2.12. The number of hydrogen-bond acceptors (Lipinski definition) is 3. The first kappa shape index (κ1) is 15.0. The van der Waals surface area contributed by atoms with Crippen LogP contribution in [-0.4, -0.2) is 29.2 Å². The van der Waals surface area contributed by atoms with Crippen LogP contribution in [0.2, 0.25) is 0 Å². The van der Waals surface area contributed by atoms with Crippen LogP contribution in [0, 0.1) is 11.8 Å². The molecule has 0 aromatic carbocycles. The van der Waals surface area contributed by atoms with Crippen molar-refractivity contribution in [2.24, 2.45) is 17.6 Å². The van der Waals surface area contributed by atoms with Crippen LogP contribution >= 0.6 is 0 Å². The van der Waals surface area contributed by atoms with Gasteiger partial charge in [0.2, 0.25) is 5.95 Å². The van der Waals surface area contributed by atoms with Crippen molar-refractivity contribution < 1.29 is 0 Å². The van der Waals surface area contributed by atoms with E-state index in [9.17, 15) is 0 Å². The number of rotatable bonds is 7. The topological polar surface area (TPSA) is 47.1 Å². The lowest BCUT2D eigenvalue weighted by Crippen LogP contribution is -2.32. The summed E-state index contributed by atoms with van der Waals surface area (Å²) in [5, 5.41) is 0. The second-order valence-electron chi connectivity index (χ2n) is 5.89. The fourth-order valence-corrected chi connectivity index (χ4v) is 1.95. The van der Waals surface area contributed by atoms with Crippen molar-refractivity contribution in [3.05, 3.63) is 12.4 Å². The highest BCUT2D eigenvalue weighted by molar-refractivity contribution is 5.29. The summed E-state index contributed by atoms with van der Waals surface area (Å²) in [7, 11) is 2.09. The van der Waals surface area contributed by atoms with Gasteiger partial charge in [-0.25, -0.2) is 4.98 Å². The van der Waals surface area contributed by atoms with Crippen molar-refractivity contribution in [3.8, 4) is 0 Å². The zero-order valence-corrected chi connectivity index (χ0v) is 12.4. The molecule has 1 heterocycles. The van der Waals surface area contributed by atoms with Gasteiger partial charge in [0, 0.05) is 38.6 Å². The molecule has 0 fully saturated rings. The summed E-state index contributed by atoms with van der Waals surface area (Å²) in [6.07, 6.45) is 4.92. The van der Waals surface area contributed by atoms with Crippen LogP contribution in [0.5, 0.6) is 0 Å². The van der Waals surface area contributed by atoms with E-state index in [0.717, 1.165) is 25.5 Å². The van der Waals surface area contributed by atoms with Crippen LogP contribution < -0.4 is 10.6 Å². The maximum atomic E-state index is 6.08. The number of nitrogens with zero attached hydrogens (tertiary/aromatic N) is 3. The van der Waals surface area contributed by atoms with Crippen LogP contribution in [-0.2, 0) is 6.54 Å². The van der Waals surface area contributed by atoms with Gasteiger partial charge in [0.1, 0.15) is 0 Å². The quantitative estimate of drug-likeness (QED) is 0.810. The second-order valence-corrected chi connectivity index (χ2v) is 5.89. The smallest absolute Gasteiger partial charge is 0.205 e. The van der Waals surface area contributed by atoms with Crippen LogP contribution in [0.25, 0.3) is 0 Å². The molecule has 1 unspecified atom stereocenters. The zero-order chi connectivity index (χ0) is 13.7. The summed E-state index contributed by atoms with van der Waals surface area (Å²) in [6.45, 7) is 10.7. The third-order valence-electron chi connectivity index (χ3n) is 3.25. The monoisotopic (exact) mass is 252 g/mol. The maximum absolute atomic E-state index is 6.08. The molecule has 0 aliphatic heterocycles. The van der Waals surface area contributed by atoms with E-state index in [1.807, 2.05) is 12.4 Å². The molecule has 0 radical (unpaired) electrons. The van der Waals surface area contributed by atoms with Crippen molar-refractivity contribution in [2.45, 2.75) is 46.7 Å². The van der Waals surface area contributed by atoms with Gasteiger partial charge in [0.25, 0.3) is 0 Å². The van der Waals surface area contributed by atoms with E-state index in [-0.39, 0.29) is 6.04 Å². The lowest BCUT2D eigenvalue weighted by Gasteiger charge is -2.23. The fraction of sp³-hybridized carbons (Fsp3) is 0.786. The van der Waals surface area contributed by atoms with Crippen molar-refractivity contribution in [3.63, 3.8) is 0 Å². The standard InChI is InChI=1S/C14H28N4/c1-11(2)10-18-9-7-16-14(18)17(5)8-6-13(15)12(3)4/h7,9,11-13H,6,8,10,15H2,1-5H3. The largest absolute Gasteiger partial charge is 0.345 e. The molecule has 18 heavy (non-hydrogen) atoms. The van der Waals surface area contributed by atoms with E-state index < -0.39 is 0 Å². The third kappa shape index (κ3) is 4.33. The molecule has 1 aromatic heterocycles. The van der Waals surface area contributed by atoms with Gasteiger partial charge in [0.05, 0.1) is 0 Å². The van der Waals surface area contributed by atoms with E-state index >= 15 is 0 Å². The molecule has 1 atom stereocenters. The van der Waals surface area contributed by atoms with Gasteiger partial charge in [-0.15, -0.1) is 0 Å². The first-order valence-corrected chi connectivity index (χ1v) is 6.89. The molecule has 1 rings (SSSR count). The first-order valence-electron chi connectivity index (χ1n) is 6.89. The lowest BCUT2D eigenvalue weighted by molar-refractivity contribution is 0.462. The van der Waals surface area contributed by atoms with Crippen LogP contribution in [0.15, 0.2) is 12.4 Å². The van der Waals surface area contributed by atoms with E-state index in [1.165, 1.54) is 0 Å². The molecule has 4 nitrogen and oxygen atoms in total. The molecule has 0 aliphatic rings. The summed E-state index contributed by atoms with van der Waals surface area (Å²) in [6, 6.07) is 0.265. The summed E-state index contributed by atoms with van der Waals surface area (Å²) < 4.78 is 2.21. The third-order valence-corrected chi connectivity index (χ3v) is 3.25. The van der Waals surface area contributed by atoms with Crippen molar-refractivity contribution in [1.29, 1.82) is 0 Å². The van der Waals surface area contributed by atoms with Gasteiger partial charge < -0.3 is 15.2 Å². The SMILES string of the molecule is CC(C)Cn1ccnc1N(C)CCC(N)C(C)C. The molecule has 0 aliphatic carbocycles. The Morgan fingerprint density at radius 1 is 1.33 bits per heavy atom. The molecular weight excluding hydrogens is 224 g/mol. The Morgan fingerprint density at radius 2 is 2.00 bits per heavy atom. The Balaban J connectivity index is 2.56. The Hall–Kier alpha value is -1.03. The number of imidazole rings is 1. The normalized spacial score (nSPS) is 13.3. The van der Waals surface area contributed by atoms with Gasteiger partial charge >= 0.3 is 0 Å². The number of anilines is 1. The van der Waals surface area contributed by atoms with E-state index in [2.05, 4.69) is 49.2 Å². The van der Waals surface area contributed by atoms with E-state index in [1.54, 1.807) is 0 Å². The molecule has 0 saturated carbocycles. The molecule has 0 saturated heterocycles. The average molecular weight is 252 g/mol. The summed E-state index contributed by atoms with van der Waals surface area (Å²) >= 11 is 0. The van der Waals surface area contributed by atoms with Gasteiger partial charge in [-0.1, -0.05) is 27.7 Å². The minimum atomic E-state index is 0.265.